The first-order valence-corrected chi connectivity index (χ1v) is 7.19. The van der Waals surface area contributed by atoms with Crippen molar-refractivity contribution in [3.8, 4) is 0 Å². The Kier molecular flexibility index (Phi) is 8.95. The third kappa shape index (κ3) is 8.49. The molecule has 0 aromatic rings. The predicted molar refractivity (Wildman–Crippen MR) is 49.0 cm³/mol. The van der Waals surface area contributed by atoms with Gasteiger partial charge in [-0.2, -0.15) is 0 Å². The van der Waals surface area contributed by atoms with Crippen molar-refractivity contribution in [3.63, 3.8) is 0 Å². The van der Waals surface area contributed by atoms with E-state index in [2.05, 4.69) is 6.58 Å². The SMILES string of the molecule is C=C[SiH2]O[SiH2]O[SiH2]O[SiH3]. The van der Waals surface area contributed by atoms with Crippen LogP contribution in [-0.4, -0.2) is 40.3 Å². The van der Waals surface area contributed by atoms with Crippen LogP contribution in [0.5, 0.6) is 0 Å². The second kappa shape index (κ2) is 8.49. The Morgan fingerprint density at radius 1 is 1.33 bits per heavy atom. The third-order valence-electron chi connectivity index (χ3n) is 0.604. The van der Waals surface area contributed by atoms with E-state index in [-0.39, 0.29) is 0 Å². The van der Waals surface area contributed by atoms with E-state index in [1.807, 2.05) is 5.70 Å². The largest absolute Gasteiger partial charge is 0.449 e. The molecule has 0 N–H and O–H groups in total. The quantitative estimate of drug-likeness (QED) is 0.327. The van der Waals surface area contributed by atoms with Crippen LogP contribution >= 0.6 is 0 Å². The van der Waals surface area contributed by atoms with Gasteiger partial charge in [-0.25, -0.2) is 0 Å². The molecule has 3 nitrogen and oxygen atoms in total. The first kappa shape index (κ1) is 9.49. The fraction of sp³-hybridized carbons (Fsp3) is 0. The van der Waals surface area contributed by atoms with Gasteiger partial charge in [0, 0.05) is 0 Å². The van der Waals surface area contributed by atoms with Gasteiger partial charge < -0.3 is 12.3 Å². The van der Waals surface area contributed by atoms with Crippen LogP contribution < -0.4 is 0 Å². The topological polar surface area (TPSA) is 27.7 Å². The molecule has 0 bridgehead atoms. The first-order valence-electron chi connectivity index (χ1n) is 2.67. The highest BCUT2D eigenvalue weighted by Crippen LogP contribution is 1.69. The third-order valence-corrected chi connectivity index (χ3v) is 4.72. The van der Waals surface area contributed by atoms with Crippen molar-refractivity contribution >= 4 is 40.3 Å². The zero-order valence-electron chi connectivity index (χ0n) is 5.63. The van der Waals surface area contributed by atoms with E-state index < -0.39 is 29.8 Å². The lowest BCUT2D eigenvalue weighted by molar-refractivity contribution is 0.440. The zero-order valence-corrected chi connectivity index (χ0v) is 11.9. The summed E-state index contributed by atoms with van der Waals surface area (Å²) >= 11 is 0. The summed E-state index contributed by atoms with van der Waals surface area (Å²) in [6.45, 7) is 3.57. The summed E-state index contributed by atoms with van der Waals surface area (Å²) in [5, 5.41) is 0. The lowest BCUT2D eigenvalue weighted by atomic mass is 11.3. The minimum Gasteiger partial charge on any atom is -0.449 e. The number of hydrogen-bond donors (Lipinski definition) is 0. The molecule has 0 atom stereocenters. The fourth-order valence-electron chi connectivity index (χ4n) is 0.308. The number of rotatable bonds is 6. The van der Waals surface area contributed by atoms with Crippen LogP contribution in [-0.2, 0) is 12.3 Å². The molecule has 0 unspecified atom stereocenters. The predicted octanol–water partition coefficient (Wildman–Crippen LogP) is -3.46. The summed E-state index contributed by atoms with van der Waals surface area (Å²) in [5.41, 5.74) is 1.86. The molecule has 0 aromatic heterocycles. The summed E-state index contributed by atoms with van der Waals surface area (Å²) in [6, 6.07) is 0. The molecule has 0 heterocycles. The van der Waals surface area contributed by atoms with Crippen LogP contribution in [0.15, 0.2) is 12.3 Å². The highest BCUT2D eigenvalue weighted by Gasteiger charge is 1.84. The van der Waals surface area contributed by atoms with Crippen LogP contribution in [0, 0.1) is 0 Å². The van der Waals surface area contributed by atoms with Crippen molar-refractivity contribution in [2.24, 2.45) is 0 Å². The van der Waals surface area contributed by atoms with E-state index in [1.54, 1.807) is 0 Å². The van der Waals surface area contributed by atoms with Gasteiger partial charge in [0.1, 0.15) is 10.5 Å². The van der Waals surface area contributed by atoms with E-state index in [9.17, 15) is 0 Å². The van der Waals surface area contributed by atoms with Gasteiger partial charge in [-0.15, -0.1) is 6.58 Å². The monoisotopic (exact) mass is 196 g/mol. The van der Waals surface area contributed by atoms with E-state index in [0.717, 1.165) is 10.5 Å². The van der Waals surface area contributed by atoms with Crippen molar-refractivity contribution in [1.29, 1.82) is 0 Å². The minimum atomic E-state index is -0.661. The molecule has 7 heteroatoms. The van der Waals surface area contributed by atoms with Crippen LogP contribution in [0.4, 0.5) is 0 Å². The molecule has 0 radical (unpaired) electrons. The summed E-state index contributed by atoms with van der Waals surface area (Å²) in [4.78, 5) is 0. The van der Waals surface area contributed by atoms with E-state index in [0.29, 0.717) is 0 Å². The molecule has 9 heavy (non-hydrogen) atoms. The van der Waals surface area contributed by atoms with Crippen LogP contribution in [0.2, 0.25) is 0 Å². The van der Waals surface area contributed by atoms with E-state index in [4.69, 9.17) is 12.3 Å². The molecule has 0 fully saturated rings. The summed E-state index contributed by atoms with van der Waals surface area (Å²) in [6.07, 6.45) is 0. The molecule has 0 amide bonds. The van der Waals surface area contributed by atoms with Crippen molar-refractivity contribution in [3.05, 3.63) is 12.3 Å². The van der Waals surface area contributed by atoms with Gasteiger partial charge in [-0.3, -0.25) is 0 Å². The van der Waals surface area contributed by atoms with Crippen LogP contribution in [0.3, 0.4) is 0 Å². The Bertz CT molecular complexity index is 68.8. The smallest absolute Gasteiger partial charge is 0.284 e. The molecule has 0 aliphatic heterocycles. The second-order valence-electron chi connectivity index (χ2n) is 1.39. The maximum Gasteiger partial charge on any atom is 0.284 e. The molecule has 0 spiro atoms. The molecule has 0 rings (SSSR count). The van der Waals surface area contributed by atoms with E-state index in [1.165, 1.54) is 0 Å². The van der Waals surface area contributed by atoms with Crippen molar-refractivity contribution < 1.29 is 12.3 Å². The average Bonchev–Trinajstić information content (AvgIpc) is 1.89. The first-order chi connectivity index (χ1) is 4.41. The van der Waals surface area contributed by atoms with Gasteiger partial charge in [-0.1, -0.05) is 5.70 Å². The standard InChI is InChI=1S/C2H12O3Si4/c1-2-7-4-9-5-8-3-6/h2H,1,7-9H2,6H3. The van der Waals surface area contributed by atoms with Gasteiger partial charge in [-0.05, 0) is 0 Å². The molecule has 0 aliphatic carbocycles. The Labute approximate surface area is 65.4 Å². The van der Waals surface area contributed by atoms with Crippen molar-refractivity contribution in [2.45, 2.75) is 0 Å². The van der Waals surface area contributed by atoms with Gasteiger partial charge in [0.05, 0.1) is 0 Å². The molecule has 0 saturated heterocycles. The van der Waals surface area contributed by atoms with Gasteiger partial charge in [0.15, 0.2) is 9.76 Å². The van der Waals surface area contributed by atoms with Gasteiger partial charge in [0.2, 0.25) is 0 Å². The van der Waals surface area contributed by atoms with Crippen molar-refractivity contribution in [1.82, 2.24) is 0 Å². The van der Waals surface area contributed by atoms with Crippen LogP contribution in [0.1, 0.15) is 0 Å². The molecular formula is C2H12O3Si4. The lowest BCUT2D eigenvalue weighted by Gasteiger charge is -2.00. The Balaban J connectivity index is 2.66. The Morgan fingerprint density at radius 2 is 2.11 bits per heavy atom. The van der Waals surface area contributed by atoms with Gasteiger partial charge >= 0.3 is 0 Å². The summed E-state index contributed by atoms with van der Waals surface area (Å²) in [7, 11) is -0.906. The van der Waals surface area contributed by atoms with Gasteiger partial charge in [0.25, 0.3) is 20.0 Å². The maximum atomic E-state index is 5.19. The molecule has 0 aromatic carbocycles. The van der Waals surface area contributed by atoms with Crippen molar-refractivity contribution in [2.75, 3.05) is 0 Å². The lowest BCUT2D eigenvalue weighted by Crippen LogP contribution is -2.11. The van der Waals surface area contributed by atoms with E-state index >= 15 is 0 Å². The second-order valence-corrected chi connectivity index (χ2v) is 8.35. The Morgan fingerprint density at radius 3 is 2.67 bits per heavy atom. The zero-order chi connectivity index (χ0) is 6.95. The highest BCUT2D eigenvalue weighted by molar-refractivity contribution is 6.47. The average molecular weight is 196 g/mol. The highest BCUT2D eigenvalue weighted by atomic mass is 28.4. The summed E-state index contributed by atoms with van der Waals surface area (Å²) < 4.78 is 15.3. The summed E-state index contributed by atoms with van der Waals surface area (Å²) in [5.74, 6) is 0. The molecule has 54 valence electrons. The molecule has 0 saturated carbocycles. The minimum absolute atomic E-state index is 0.428. The normalized spacial score (nSPS) is 13.8. The fourth-order valence-corrected chi connectivity index (χ4v) is 5.33. The molecular weight excluding hydrogens is 184 g/mol. The Hall–Kier alpha value is 0.488. The number of hydrogen-bond acceptors (Lipinski definition) is 3. The van der Waals surface area contributed by atoms with Crippen LogP contribution in [0.25, 0.3) is 0 Å². The molecule has 0 aliphatic rings. The maximum absolute atomic E-state index is 5.19.